The molecule has 2 heteroatoms. The highest BCUT2D eigenvalue weighted by Gasteiger charge is 2.41. The Hall–Kier alpha value is -0.0800. The van der Waals surface area contributed by atoms with Crippen molar-refractivity contribution < 1.29 is 4.74 Å². The molecule has 96 valence electrons. The predicted octanol–water partition coefficient (Wildman–Crippen LogP) is 3.35. The maximum atomic E-state index is 6.44. The first kappa shape index (κ1) is 14.0. The first-order valence-corrected chi connectivity index (χ1v) is 6.86. The number of nitrogens with two attached hydrogens (primary N) is 1. The zero-order chi connectivity index (χ0) is 12.2. The van der Waals surface area contributed by atoms with Crippen LogP contribution in [-0.2, 0) is 4.74 Å². The molecule has 1 fully saturated rings. The van der Waals surface area contributed by atoms with Gasteiger partial charge >= 0.3 is 0 Å². The normalized spacial score (nSPS) is 34.7. The van der Waals surface area contributed by atoms with Gasteiger partial charge in [0, 0.05) is 13.2 Å². The van der Waals surface area contributed by atoms with E-state index in [-0.39, 0.29) is 11.6 Å². The first-order chi connectivity index (χ1) is 7.55. The van der Waals surface area contributed by atoms with Crippen molar-refractivity contribution in [3.05, 3.63) is 0 Å². The van der Waals surface area contributed by atoms with Crippen LogP contribution in [0.1, 0.15) is 59.3 Å². The molecule has 0 spiro atoms. The molecule has 0 bridgehead atoms. The largest absolute Gasteiger partial charge is 0.377 e. The Morgan fingerprint density at radius 1 is 1.38 bits per heavy atom. The maximum Gasteiger partial charge on any atom is 0.0831 e. The van der Waals surface area contributed by atoms with Crippen molar-refractivity contribution in [1.29, 1.82) is 0 Å². The van der Waals surface area contributed by atoms with Crippen LogP contribution in [0.15, 0.2) is 0 Å². The molecule has 0 amide bonds. The molecule has 0 heterocycles. The molecule has 1 aliphatic rings. The summed E-state index contributed by atoms with van der Waals surface area (Å²) in [6, 6.07) is 0.199. The minimum atomic E-state index is -0.0406. The SMILES string of the molecule is CCCC(C)C(N)C1(OC)CCC(C)CC1. The van der Waals surface area contributed by atoms with Crippen molar-refractivity contribution in [2.75, 3.05) is 7.11 Å². The van der Waals surface area contributed by atoms with Gasteiger partial charge in [0.1, 0.15) is 0 Å². The predicted molar refractivity (Wildman–Crippen MR) is 69.4 cm³/mol. The summed E-state index contributed by atoms with van der Waals surface area (Å²) in [7, 11) is 1.84. The van der Waals surface area contributed by atoms with Gasteiger partial charge in [-0.2, -0.15) is 0 Å². The van der Waals surface area contributed by atoms with Crippen LogP contribution >= 0.6 is 0 Å². The Morgan fingerprint density at radius 3 is 2.38 bits per heavy atom. The van der Waals surface area contributed by atoms with Crippen molar-refractivity contribution in [3.63, 3.8) is 0 Å². The molecule has 2 unspecified atom stereocenters. The minimum absolute atomic E-state index is 0.0406. The van der Waals surface area contributed by atoms with Crippen molar-refractivity contribution in [2.45, 2.75) is 70.9 Å². The molecular weight excluding hydrogens is 198 g/mol. The molecule has 0 aromatic rings. The second kappa shape index (κ2) is 6.02. The number of hydrogen-bond donors (Lipinski definition) is 1. The summed E-state index contributed by atoms with van der Waals surface area (Å²) >= 11 is 0. The van der Waals surface area contributed by atoms with Crippen molar-refractivity contribution in [2.24, 2.45) is 17.6 Å². The second-order valence-corrected chi connectivity index (χ2v) is 5.74. The van der Waals surface area contributed by atoms with E-state index in [0.717, 1.165) is 18.8 Å². The number of ether oxygens (including phenoxy) is 1. The molecule has 16 heavy (non-hydrogen) atoms. The highest BCUT2D eigenvalue weighted by Crippen LogP contribution is 2.38. The smallest absolute Gasteiger partial charge is 0.0831 e. The van der Waals surface area contributed by atoms with Crippen LogP contribution in [0.4, 0.5) is 0 Å². The van der Waals surface area contributed by atoms with Gasteiger partial charge in [-0.1, -0.05) is 27.2 Å². The summed E-state index contributed by atoms with van der Waals surface area (Å²) in [5, 5.41) is 0. The zero-order valence-electron chi connectivity index (χ0n) is 11.5. The third kappa shape index (κ3) is 2.98. The van der Waals surface area contributed by atoms with Crippen LogP contribution in [0, 0.1) is 11.8 Å². The summed E-state index contributed by atoms with van der Waals surface area (Å²) in [6.45, 7) is 6.83. The van der Waals surface area contributed by atoms with E-state index in [1.807, 2.05) is 7.11 Å². The van der Waals surface area contributed by atoms with Crippen molar-refractivity contribution in [1.82, 2.24) is 0 Å². The van der Waals surface area contributed by atoms with Gasteiger partial charge in [0.25, 0.3) is 0 Å². The summed E-state index contributed by atoms with van der Waals surface area (Å²) in [5.41, 5.74) is 6.40. The molecule has 2 atom stereocenters. The monoisotopic (exact) mass is 227 g/mol. The molecule has 0 radical (unpaired) electrons. The van der Waals surface area contributed by atoms with Crippen LogP contribution < -0.4 is 5.73 Å². The quantitative estimate of drug-likeness (QED) is 0.781. The highest BCUT2D eigenvalue weighted by atomic mass is 16.5. The number of methoxy groups -OCH3 is 1. The molecule has 1 rings (SSSR count). The zero-order valence-corrected chi connectivity index (χ0v) is 11.5. The Bertz CT molecular complexity index is 197. The van der Waals surface area contributed by atoms with Crippen molar-refractivity contribution >= 4 is 0 Å². The lowest BCUT2D eigenvalue weighted by Gasteiger charge is -2.44. The number of hydrogen-bond acceptors (Lipinski definition) is 2. The van der Waals surface area contributed by atoms with Crippen LogP contribution in [0.2, 0.25) is 0 Å². The molecular formula is C14H29NO. The Morgan fingerprint density at radius 2 is 1.94 bits per heavy atom. The molecule has 2 N–H and O–H groups in total. The number of rotatable bonds is 5. The summed E-state index contributed by atoms with van der Waals surface area (Å²) in [5.74, 6) is 1.41. The standard InChI is InChI=1S/C14H29NO/c1-5-6-12(3)13(15)14(16-4)9-7-11(2)8-10-14/h11-13H,5-10,15H2,1-4H3. The van der Waals surface area contributed by atoms with Gasteiger partial charge in [0.2, 0.25) is 0 Å². The van der Waals surface area contributed by atoms with Crippen LogP contribution in [0.25, 0.3) is 0 Å². The summed E-state index contributed by atoms with van der Waals surface area (Å²) in [4.78, 5) is 0. The third-order valence-electron chi connectivity index (χ3n) is 4.49. The average molecular weight is 227 g/mol. The Balaban J connectivity index is 2.64. The van der Waals surface area contributed by atoms with Gasteiger partial charge < -0.3 is 10.5 Å². The molecule has 1 aliphatic carbocycles. The lowest BCUT2D eigenvalue weighted by Crippen LogP contribution is -2.54. The van der Waals surface area contributed by atoms with E-state index in [4.69, 9.17) is 10.5 Å². The molecule has 0 aliphatic heterocycles. The fraction of sp³-hybridized carbons (Fsp3) is 1.00. The first-order valence-electron chi connectivity index (χ1n) is 6.86. The molecule has 2 nitrogen and oxygen atoms in total. The summed E-state index contributed by atoms with van der Waals surface area (Å²) < 4.78 is 5.83. The van der Waals surface area contributed by atoms with E-state index in [1.54, 1.807) is 0 Å². The van der Waals surface area contributed by atoms with Gasteiger partial charge in [-0.3, -0.25) is 0 Å². The fourth-order valence-corrected chi connectivity index (χ4v) is 3.08. The Labute approximate surface area is 101 Å². The minimum Gasteiger partial charge on any atom is -0.377 e. The van der Waals surface area contributed by atoms with E-state index < -0.39 is 0 Å². The van der Waals surface area contributed by atoms with E-state index in [0.29, 0.717) is 5.92 Å². The van der Waals surface area contributed by atoms with Crippen LogP contribution in [0.5, 0.6) is 0 Å². The van der Waals surface area contributed by atoms with Crippen molar-refractivity contribution in [3.8, 4) is 0 Å². The van der Waals surface area contributed by atoms with Crippen LogP contribution in [0.3, 0.4) is 0 Å². The fourth-order valence-electron chi connectivity index (χ4n) is 3.08. The van der Waals surface area contributed by atoms with E-state index >= 15 is 0 Å². The Kier molecular flexibility index (Phi) is 5.26. The van der Waals surface area contributed by atoms with Gasteiger partial charge in [-0.25, -0.2) is 0 Å². The third-order valence-corrected chi connectivity index (χ3v) is 4.49. The molecule has 0 aromatic carbocycles. The average Bonchev–Trinajstić information content (AvgIpc) is 2.30. The highest BCUT2D eigenvalue weighted by molar-refractivity contribution is 4.96. The van der Waals surface area contributed by atoms with Gasteiger partial charge in [-0.05, 0) is 43.9 Å². The van der Waals surface area contributed by atoms with E-state index in [9.17, 15) is 0 Å². The maximum absolute atomic E-state index is 6.44. The van der Waals surface area contributed by atoms with Gasteiger partial charge in [-0.15, -0.1) is 0 Å². The molecule has 0 saturated heterocycles. The molecule has 1 saturated carbocycles. The topological polar surface area (TPSA) is 35.2 Å². The second-order valence-electron chi connectivity index (χ2n) is 5.74. The van der Waals surface area contributed by atoms with E-state index in [2.05, 4.69) is 20.8 Å². The van der Waals surface area contributed by atoms with Gasteiger partial charge in [0.05, 0.1) is 5.60 Å². The lowest BCUT2D eigenvalue weighted by molar-refractivity contribution is -0.0776. The van der Waals surface area contributed by atoms with Gasteiger partial charge in [0.15, 0.2) is 0 Å². The van der Waals surface area contributed by atoms with E-state index in [1.165, 1.54) is 25.7 Å². The lowest BCUT2D eigenvalue weighted by atomic mass is 9.72. The summed E-state index contributed by atoms with van der Waals surface area (Å²) in [6.07, 6.45) is 7.23. The molecule has 0 aromatic heterocycles. The van der Waals surface area contributed by atoms with Crippen LogP contribution in [-0.4, -0.2) is 18.8 Å².